The number of ether oxygens (including phenoxy) is 1. The fourth-order valence-electron chi connectivity index (χ4n) is 4.45. The molecule has 2 aromatic heterocycles. The van der Waals surface area contributed by atoms with Crippen LogP contribution in [-0.4, -0.2) is 40.1 Å². The van der Waals surface area contributed by atoms with Gasteiger partial charge in [-0.2, -0.15) is 0 Å². The van der Waals surface area contributed by atoms with Gasteiger partial charge >= 0.3 is 0 Å². The standard InChI is InChI=1S/C26H27N5O2/c1-3-33-20-9-11-23-21(15-20)17(2)29-26(30-23)31-13-5-7-24(31)25(32)28-16-18-8-10-22-19(14-18)6-4-12-27-22/h4,6,8-12,14-15,24H,3,5,7,13,16H2,1-2H3,(H,28,32). The number of nitrogens with zero attached hydrogens (tertiary/aromatic N) is 4. The fourth-order valence-corrected chi connectivity index (χ4v) is 4.45. The zero-order valence-corrected chi connectivity index (χ0v) is 18.9. The molecule has 4 aromatic rings. The predicted octanol–water partition coefficient (Wildman–Crippen LogP) is 4.17. The van der Waals surface area contributed by atoms with Crippen LogP contribution in [-0.2, 0) is 11.3 Å². The number of aromatic nitrogens is 3. The van der Waals surface area contributed by atoms with Crippen molar-refractivity contribution in [1.82, 2.24) is 20.3 Å². The lowest BCUT2D eigenvalue weighted by Crippen LogP contribution is -2.43. The largest absolute Gasteiger partial charge is 0.494 e. The second-order valence-electron chi connectivity index (χ2n) is 8.32. The van der Waals surface area contributed by atoms with E-state index in [2.05, 4.69) is 16.4 Å². The number of aryl methyl sites for hydroxylation is 1. The minimum Gasteiger partial charge on any atom is -0.494 e. The van der Waals surface area contributed by atoms with E-state index in [1.54, 1.807) is 6.20 Å². The van der Waals surface area contributed by atoms with Crippen molar-refractivity contribution in [2.75, 3.05) is 18.1 Å². The van der Waals surface area contributed by atoms with Gasteiger partial charge in [-0.1, -0.05) is 12.1 Å². The van der Waals surface area contributed by atoms with Gasteiger partial charge in [-0.05, 0) is 68.7 Å². The van der Waals surface area contributed by atoms with E-state index in [9.17, 15) is 4.79 Å². The lowest BCUT2D eigenvalue weighted by molar-refractivity contribution is -0.122. The number of carbonyl (C=O) groups is 1. The van der Waals surface area contributed by atoms with Crippen molar-refractivity contribution in [3.05, 3.63) is 66.0 Å². The van der Waals surface area contributed by atoms with E-state index in [-0.39, 0.29) is 11.9 Å². The van der Waals surface area contributed by atoms with Crippen LogP contribution in [0.25, 0.3) is 21.8 Å². The zero-order chi connectivity index (χ0) is 22.8. The lowest BCUT2D eigenvalue weighted by Gasteiger charge is -2.24. The molecule has 1 unspecified atom stereocenters. The van der Waals surface area contributed by atoms with Crippen molar-refractivity contribution >= 4 is 33.7 Å². The smallest absolute Gasteiger partial charge is 0.243 e. The molecule has 0 bridgehead atoms. The van der Waals surface area contributed by atoms with Crippen molar-refractivity contribution < 1.29 is 9.53 Å². The Hall–Kier alpha value is -3.74. The third-order valence-electron chi connectivity index (χ3n) is 6.10. The van der Waals surface area contributed by atoms with Crippen LogP contribution in [0, 0.1) is 6.92 Å². The van der Waals surface area contributed by atoms with Crippen molar-refractivity contribution in [1.29, 1.82) is 0 Å². The molecule has 2 aromatic carbocycles. The maximum absolute atomic E-state index is 13.1. The van der Waals surface area contributed by atoms with E-state index in [0.717, 1.165) is 58.2 Å². The van der Waals surface area contributed by atoms with E-state index in [1.165, 1.54) is 0 Å². The Morgan fingerprint density at radius 1 is 1.15 bits per heavy atom. The number of anilines is 1. The van der Waals surface area contributed by atoms with Gasteiger partial charge in [-0.3, -0.25) is 9.78 Å². The molecule has 1 amide bonds. The number of pyridine rings is 1. The van der Waals surface area contributed by atoms with E-state index in [1.807, 2.05) is 61.2 Å². The van der Waals surface area contributed by atoms with Gasteiger partial charge in [0.05, 0.1) is 23.3 Å². The molecule has 1 aliphatic heterocycles. The third-order valence-corrected chi connectivity index (χ3v) is 6.10. The Balaban J connectivity index is 1.33. The summed E-state index contributed by atoms with van der Waals surface area (Å²) >= 11 is 0. The highest BCUT2D eigenvalue weighted by Gasteiger charge is 2.32. The summed E-state index contributed by atoms with van der Waals surface area (Å²) in [7, 11) is 0. The second-order valence-corrected chi connectivity index (χ2v) is 8.32. The van der Waals surface area contributed by atoms with Crippen LogP contribution < -0.4 is 15.0 Å². The van der Waals surface area contributed by atoms with E-state index in [0.29, 0.717) is 19.1 Å². The van der Waals surface area contributed by atoms with Gasteiger partial charge in [-0.15, -0.1) is 0 Å². The highest BCUT2D eigenvalue weighted by atomic mass is 16.5. The number of nitrogens with one attached hydrogen (secondary N) is 1. The van der Waals surface area contributed by atoms with Crippen LogP contribution >= 0.6 is 0 Å². The molecule has 3 heterocycles. The fraction of sp³-hybridized carbons (Fsp3) is 0.308. The number of fused-ring (bicyclic) bond motifs is 2. The van der Waals surface area contributed by atoms with Crippen LogP contribution in [0.3, 0.4) is 0 Å². The summed E-state index contributed by atoms with van der Waals surface area (Å²) in [5.74, 6) is 1.43. The molecule has 0 radical (unpaired) electrons. The Morgan fingerprint density at radius 2 is 2.03 bits per heavy atom. The van der Waals surface area contributed by atoms with Gasteiger partial charge in [0.15, 0.2) is 0 Å². The van der Waals surface area contributed by atoms with Crippen LogP contribution in [0.2, 0.25) is 0 Å². The first-order valence-corrected chi connectivity index (χ1v) is 11.4. The number of hydrogen-bond acceptors (Lipinski definition) is 6. The summed E-state index contributed by atoms with van der Waals surface area (Å²) in [6.07, 6.45) is 3.51. The number of carbonyl (C=O) groups excluding carboxylic acids is 1. The van der Waals surface area contributed by atoms with Crippen LogP contribution in [0.5, 0.6) is 5.75 Å². The van der Waals surface area contributed by atoms with Gasteiger partial charge in [0.25, 0.3) is 0 Å². The van der Waals surface area contributed by atoms with E-state index < -0.39 is 0 Å². The minimum atomic E-state index is -0.272. The van der Waals surface area contributed by atoms with Gasteiger partial charge in [0.2, 0.25) is 11.9 Å². The van der Waals surface area contributed by atoms with Crippen molar-refractivity contribution in [2.45, 2.75) is 39.3 Å². The molecule has 1 saturated heterocycles. The normalized spacial score (nSPS) is 15.8. The molecule has 1 atom stereocenters. The Bertz CT molecular complexity index is 1320. The number of hydrogen-bond donors (Lipinski definition) is 1. The molecule has 7 nitrogen and oxygen atoms in total. The second kappa shape index (κ2) is 9.02. The maximum Gasteiger partial charge on any atom is 0.243 e. The molecule has 0 aliphatic carbocycles. The molecule has 5 rings (SSSR count). The molecule has 1 fully saturated rings. The monoisotopic (exact) mass is 441 g/mol. The van der Waals surface area contributed by atoms with Gasteiger partial charge < -0.3 is 15.0 Å². The van der Waals surface area contributed by atoms with Crippen molar-refractivity contribution in [3.63, 3.8) is 0 Å². The Kier molecular flexibility index (Phi) is 5.77. The first-order valence-electron chi connectivity index (χ1n) is 11.4. The van der Waals surface area contributed by atoms with E-state index in [4.69, 9.17) is 14.7 Å². The third kappa shape index (κ3) is 4.31. The molecule has 33 heavy (non-hydrogen) atoms. The first-order chi connectivity index (χ1) is 16.1. The zero-order valence-electron chi connectivity index (χ0n) is 18.9. The Morgan fingerprint density at radius 3 is 2.91 bits per heavy atom. The molecule has 1 N–H and O–H groups in total. The lowest BCUT2D eigenvalue weighted by atomic mass is 10.1. The highest BCUT2D eigenvalue weighted by Crippen LogP contribution is 2.28. The van der Waals surface area contributed by atoms with Gasteiger partial charge in [-0.25, -0.2) is 9.97 Å². The number of amides is 1. The molecular weight excluding hydrogens is 414 g/mol. The van der Waals surface area contributed by atoms with Gasteiger partial charge in [0.1, 0.15) is 11.8 Å². The molecule has 0 spiro atoms. The number of rotatable bonds is 6. The first kappa shape index (κ1) is 21.1. The molecule has 7 heteroatoms. The van der Waals surface area contributed by atoms with Crippen LogP contribution in [0.1, 0.15) is 31.0 Å². The summed E-state index contributed by atoms with van der Waals surface area (Å²) in [6.45, 7) is 5.80. The maximum atomic E-state index is 13.1. The van der Waals surface area contributed by atoms with Crippen LogP contribution in [0.4, 0.5) is 5.95 Å². The predicted molar refractivity (Wildman–Crippen MR) is 129 cm³/mol. The minimum absolute atomic E-state index is 0.00632. The average molecular weight is 442 g/mol. The molecule has 0 saturated carbocycles. The van der Waals surface area contributed by atoms with E-state index >= 15 is 0 Å². The SMILES string of the molecule is CCOc1ccc2nc(N3CCCC3C(=O)NCc3ccc4ncccc4c3)nc(C)c2c1. The average Bonchev–Trinajstić information content (AvgIpc) is 3.33. The highest BCUT2D eigenvalue weighted by molar-refractivity contribution is 5.87. The number of benzene rings is 2. The summed E-state index contributed by atoms with van der Waals surface area (Å²) in [5, 5.41) is 5.14. The molecule has 168 valence electrons. The summed E-state index contributed by atoms with van der Waals surface area (Å²) in [5.41, 5.74) is 3.74. The summed E-state index contributed by atoms with van der Waals surface area (Å²) in [4.78, 5) is 29.0. The quantitative estimate of drug-likeness (QED) is 0.484. The molecular formula is C26H27N5O2. The van der Waals surface area contributed by atoms with Crippen molar-refractivity contribution in [3.8, 4) is 5.75 Å². The van der Waals surface area contributed by atoms with Crippen molar-refractivity contribution in [2.24, 2.45) is 0 Å². The summed E-state index contributed by atoms with van der Waals surface area (Å²) < 4.78 is 5.61. The molecule has 1 aliphatic rings. The van der Waals surface area contributed by atoms with Crippen LogP contribution in [0.15, 0.2) is 54.7 Å². The summed E-state index contributed by atoms with van der Waals surface area (Å²) in [6, 6.07) is 15.6. The topological polar surface area (TPSA) is 80.2 Å². The van der Waals surface area contributed by atoms with Gasteiger partial charge in [0, 0.05) is 30.1 Å². The Labute approximate surface area is 192 Å².